The zero-order valence-electron chi connectivity index (χ0n) is 15.6. The SMILES string of the molecule is COc1ccc(C(=O)Nc2ccccc2)cc1NC(=S)NC(=O)c1ccccc1. The standard InChI is InChI=1S/C22H19N3O3S/c1-28-19-13-12-16(21(27)23-17-10-6-3-7-11-17)14-18(19)24-22(29)25-20(26)15-8-4-2-5-9-15/h2-14H,1H3,(H,23,27)(H2,24,25,26,29). The lowest BCUT2D eigenvalue weighted by Crippen LogP contribution is -2.34. The van der Waals surface area contributed by atoms with E-state index in [0.717, 1.165) is 0 Å². The van der Waals surface area contributed by atoms with Gasteiger partial charge in [-0.1, -0.05) is 36.4 Å². The van der Waals surface area contributed by atoms with E-state index in [-0.39, 0.29) is 16.9 Å². The topological polar surface area (TPSA) is 79.5 Å². The van der Waals surface area contributed by atoms with Crippen molar-refractivity contribution < 1.29 is 14.3 Å². The van der Waals surface area contributed by atoms with Crippen LogP contribution < -0.4 is 20.7 Å². The summed E-state index contributed by atoms with van der Waals surface area (Å²) in [6, 6.07) is 22.8. The van der Waals surface area contributed by atoms with E-state index in [1.54, 1.807) is 54.6 Å². The maximum atomic E-state index is 12.5. The van der Waals surface area contributed by atoms with Gasteiger partial charge in [0, 0.05) is 16.8 Å². The molecule has 0 aliphatic heterocycles. The molecule has 0 saturated heterocycles. The average molecular weight is 405 g/mol. The molecule has 0 saturated carbocycles. The third-order valence-corrected chi connectivity index (χ3v) is 4.21. The molecule has 0 atom stereocenters. The van der Waals surface area contributed by atoms with Gasteiger partial charge in [-0.25, -0.2) is 0 Å². The molecule has 0 spiro atoms. The molecule has 7 heteroatoms. The van der Waals surface area contributed by atoms with Gasteiger partial charge in [-0.05, 0) is 54.7 Å². The Hall–Kier alpha value is -3.71. The van der Waals surface area contributed by atoms with Crippen LogP contribution in [0.2, 0.25) is 0 Å². The summed E-state index contributed by atoms with van der Waals surface area (Å²) in [4.78, 5) is 24.8. The van der Waals surface area contributed by atoms with Gasteiger partial charge < -0.3 is 15.4 Å². The van der Waals surface area contributed by atoms with Gasteiger partial charge in [0.2, 0.25) is 0 Å². The molecule has 0 aromatic heterocycles. The second-order valence-corrected chi connectivity index (χ2v) is 6.42. The monoisotopic (exact) mass is 405 g/mol. The molecule has 29 heavy (non-hydrogen) atoms. The van der Waals surface area contributed by atoms with Crippen LogP contribution in [0.25, 0.3) is 0 Å². The molecule has 0 heterocycles. The van der Waals surface area contributed by atoms with Crippen molar-refractivity contribution in [2.45, 2.75) is 0 Å². The summed E-state index contributed by atoms with van der Waals surface area (Å²) in [7, 11) is 1.51. The van der Waals surface area contributed by atoms with Crippen molar-refractivity contribution in [2.75, 3.05) is 17.7 Å². The summed E-state index contributed by atoms with van der Waals surface area (Å²) in [5.74, 6) is -0.126. The number of carbonyl (C=O) groups excluding carboxylic acids is 2. The van der Waals surface area contributed by atoms with Crippen LogP contribution in [0.15, 0.2) is 78.9 Å². The van der Waals surface area contributed by atoms with Crippen LogP contribution in [0.5, 0.6) is 5.75 Å². The fourth-order valence-corrected chi connectivity index (χ4v) is 2.79. The Labute approximate surface area is 173 Å². The lowest BCUT2D eigenvalue weighted by Gasteiger charge is -2.14. The Balaban J connectivity index is 1.72. The molecule has 6 nitrogen and oxygen atoms in total. The molecular formula is C22H19N3O3S. The highest BCUT2D eigenvalue weighted by molar-refractivity contribution is 7.80. The van der Waals surface area contributed by atoms with Crippen molar-refractivity contribution in [3.8, 4) is 5.75 Å². The van der Waals surface area contributed by atoms with Gasteiger partial charge >= 0.3 is 0 Å². The number of anilines is 2. The van der Waals surface area contributed by atoms with E-state index in [4.69, 9.17) is 17.0 Å². The number of para-hydroxylation sites is 1. The zero-order valence-corrected chi connectivity index (χ0v) is 16.5. The molecule has 3 aromatic rings. The van der Waals surface area contributed by atoms with E-state index in [9.17, 15) is 9.59 Å². The largest absolute Gasteiger partial charge is 0.495 e. The fourth-order valence-electron chi connectivity index (χ4n) is 2.59. The Kier molecular flexibility index (Phi) is 6.55. The number of methoxy groups -OCH3 is 1. The van der Waals surface area contributed by atoms with Gasteiger partial charge in [0.25, 0.3) is 11.8 Å². The third kappa shape index (κ3) is 5.40. The predicted molar refractivity (Wildman–Crippen MR) is 118 cm³/mol. The third-order valence-electron chi connectivity index (χ3n) is 4.00. The molecule has 3 rings (SSSR count). The normalized spacial score (nSPS) is 9.97. The lowest BCUT2D eigenvalue weighted by atomic mass is 10.1. The van der Waals surface area contributed by atoms with Crippen LogP contribution in [0, 0.1) is 0 Å². The minimum Gasteiger partial charge on any atom is -0.495 e. The smallest absolute Gasteiger partial charge is 0.257 e. The van der Waals surface area contributed by atoms with Crippen molar-refractivity contribution in [1.29, 1.82) is 0 Å². The van der Waals surface area contributed by atoms with Crippen LogP contribution in [0.4, 0.5) is 11.4 Å². The van der Waals surface area contributed by atoms with Crippen molar-refractivity contribution in [3.05, 3.63) is 90.0 Å². The highest BCUT2D eigenvalue weighted by Crippen LogP contribution is 2.26. The Morgan fingerprint density at radius 2 is 1.45 bits per heavy atom. The first-order chi connectivity index (χ1) is 14.1. The van der Waals surface area contributed by atoms with E-state index >= 15 is 0 Å². The van der Waals surface area contributed by atoms with Gasteiger partial charge in [0.15, 0.2) is 5.11 Å². The first-order valence-electron chi connectivity index (χ1n) is 8.78. The fraction of sp³-hybridized carbons (Fsp3) is 0.0455. The minimum absolute atomic E-state index is 0.0952. The van der Waals surface area contributed by atoms with Crippen LogP contribution in [0.1, 0.15) is 20.7 Å². The number of hydrogen-bond donors (Lipinski definition) is 3. The van der Waals surface area contributed by atoms with E-state index in [1.165, 1.54) is 7.11 Å². The van der Waals surface area contributed by atoms with Crippen molar-refractivity contribution in [1.82, 2.24) is 5.32 Å². The first-order valence-corrected chi connectivity index (χ1v) is 9.19. The molecule has 0 fully saturated rings. The summed E-state index contributed by atoms with van der Waals surface area (Å²) >= 11 is 5.23. The van der Waals surface area contributed by atoms with Crippen LogP contribution in [-0.4, -0.2) is 24.0 Å². The first kappa shape index (κ1) is 20.0. The van der Waals surface area contributed by atoms with Gasteiger partial charge in [-0.2, -0.15) is 0 Å². The summed E-state index contributed by atoms with van der Waals surface area (Å²) < 4.78 is 5.32. The highest BCUT2D eigenvalue weighted by atomic mass is 32.1. The summed E-state index contributed by atoms with van der Waals surface area (Å²) in [5, 5.41) is 8.44. The number of amides is 2. The number of nitrogens with one attached hydrogen (secondary N) is 3. The summed E-state index contributed by atoms with van der Waals surface area (Å²) in [5.41, 5.74) is 2.05. The Morgan fingerprint density at radius 1 is 0.793 bits per heavy atom. The van der Waals surface area contributed by atoms with Crippen LogP contribution >= 0.6 is 12.2 Å². The number of rotatable bonds is 5. The molecule has 3 N–H and O–H groups in total. The molecular weight excluding hydrogens is 386 g/mol. The minimum atomic E-state index is -0.333. The number of thiocarbonyl (C=S) groups is 1. The molecule has 0 aliphatic carbocycles. The summed E-state index contributed by atoms with van der Waals surface area (Å²) in [6.45, 7) is 0. The Bertz CT molecular complexity index is 1020. The number of hydrogen-bond acceptors (Lipinski definition) is 4. The van der Waals surface area contributed by atoms with E-state index in [2.05, 4.69) is 16.0 Å². The van der Waals surface area contributed by atoms with Crippen molar-refractivity contribution in [3.63, 3.8) is 0 Å². The van der Waals surface area contributed by atoms with Crippen LogP contribution in [0.3, 0.4) is 0 Å². The quantitative estimate of drug-likeness (QED) is 0.558. The van der Waals surface area contributed by atoms with E-state index in [0.29, 0.717) is 28.3 Å². The van der Waals surface area contributed by atoms with Crippen molar-refractivity contribution >= 4 is 40.5 Å². The van der Waals surface area contributed by atoms with Gasteiger partial charge in [-0.15, -0.1) is 0 Å². The maximum Gasteiger partial charge on any atom is 0.257 e. The lowest BCUT2D eigenvalue weighted by molar-refractivity contribution is 0.0976. The van der Waals surface area contributed by atoms with E-state index in [1.807, 2.05) is 24.3 Å². The maximum absolute atomic E-state index is 12.5. The summed E-state index contributed by atoms with van der Waals surface area (Å²) in [6.07, 6.45) is 0. The molecule has 0 radical (unpaired) electrons. The second-order valence-electron chi connectivity index (χ2n) is 6.01. The Morgan fingerprint density at radius 3 is 2.10 bits per heavy atom. The number of ether oxygens (including phenoxy) is 1. The van der Waals surface area contributed by atoms with E-state index < -0.39 is 0 Å². The molecule has 146 valence electrons. The van der Waals surface area contributed by atoms with Gasteiger partial charge in [0.05, 0.1) is 12.8 Å². The number of benzene rings is 3. The van der Waals surface area contributed by atoms with Crippen molar-refractivity contribution in [2.24, 2.45) is 0 Å². The average Bonchev–Trinajstić information content (AvgIpc) is 2.75. The molecule has 3 aromatic carbocycles. The second kappa shape index (κ2) is 9.48. The molecule has 0 unspecified atom stereocenters. The predicted octanol–water partition coefficient (Wildman–Crippen LogP) is 4.07. The number of carbonyl (C=O) groups is 2. The molecule has 0 bridgehead atoms. The van der Waals surface area contributed by atoms with Gasteiger partial charge in [-0.3, -0.25) is 14.9 Å². The van der Waals surface area contributed by atoms with Gasteiger partial charge in [0.1, 0.15) is 5.75 Å². The van der Waals surface area contributed by atoms with Crippen LogP contribution in [-0.2, 0) is 0 Å². The molecule has 2 amide bonds. The molecule has 0 aliphatic rings. The highest BCUT2D eigenvalue weighted by Gasteiger charge is 2.13. The zero-order chi connectivity index (χ0) is 20.6.